The van der Waals surface area contributed by atoms with Crippen molar-refractivity contribution in [3.8, 4) is 0 Å². The Bertz CT molecular complexity index is 578. The van der Waals surface area contributed by atoms with Crippen LogP contribution in [0.3, 0.4) is 0 Å². The molecule has 0 radical (unpaired) electrons. The molecule has 0 unspecified atom stereocenters. The van der Waals surface area contributed by atoms with E-state index in [-0.39, 0.29) is 0 Å². The van der Waals surface area contributed by atoms with E-state index in [1.807, 2.05) is 19.1 Å². The first-order valence-corrected chi connectivity index (χ1v) is 7.61. The van der Waals surface area contributed by atoms with E-state index in [0.717, 1.165) is 26.8 Å². The Morgan fingerprint density at radius 3 is 2.72 bits per heavy atom. The molecule has 1 heterocycles. The molecular weight excluding hydrogens is 355 g/mol. The summed E-state index contributed by atoms with van der Waals surface area (Å²) in [4.78, 5) is 9.59. The summed E-state index contributed by atoms with van der Waals surface area (Å²) in [6.07, 6.45) is 0.788. The second-order valence-electron chi connectivity index (χ2n) is 3.48. The first-order valence-electron chi connectivity index (χ1n) is 5.25. The summed E-state index contributed by atoms with van der Waals surface area (Å²) >= 11 is 16.9. The molecule has 0 aliphatic carbocycles. The van der Waals surface area contributed by atoms with Crippen LogP contribution in [0.5, 0.6) is 0 Å². The van der Waals surface area contributed by atoms with E-state index in [9.17, 15) is 0 Å². The van der Waals surface area contributed by atoms with Gasteiger partial charge in [-0.1, -0.05) is 41.9 Å². The van der Waals surface area contributed by atoms with E-state index in [0.29, 0.717) is 10.0 Å². The van der Waals surface area contributed by atoms with E-state index in [2.05, 4.69) is 25.9 Å². The second-order valence-corrected chi connectivity index (χ2v) is 6.19. The third-order valence-electron chi connectivity index (χ3n) is 2.14. The molecule has 0 fully saturated rings. The highest BCUT2D eigenvalue weighted by Gasteiger charge is 2.07. The Labute approximate surface area is 128 Å². The zero-order valence-electron chi connectivity index (χ0n) is 9.45. The van der Waals surface area contributed by atoms with E-state index in [4.69, 9.17) is 23.2 Å². The van der Waals surface area contributed by atoms with Crippen molar-refractivity contribution in [2.24, 2.45) is 0 Å². The zero-order valence-corrected chi connectivity index (χ0v) is 13.4. The van der Waals surface area contributed by atoms with Crippen LogP contribution in [0.15, 0.2) is 38.8 Å². The molecule has 0 aliphatic rings. The summed E-state index contributed by atoms with van der Waals surface area (Å²) in [5.74, 6) is 0.796. The van der Waals surface area contributed by atoms with Crippen molar-refractivity contribution in [2.45, 2.75) is 23.3 Å². The lowest BCUT2D eigenvalue weighted by molar-refractivity contribution is 0.877. The quantitative estimate of drug-likeness (QED) is 0.695. The lowest BCUT2D eigenvalue weighted by Crippen LogP contribution is -1.94. The molecule has 0 saturated carbocycles. The lowest BCUT2D eigenvalue weighted by atomic mass is 10.4. The number of aryl methyl sites for hydroxylation is 1. The molecule has 2 nitrogen and oxygen atoms in total. The standard InChI is InChI=1S/C12H9BrCl2N2S/c1-2-11-16-10(13)6-12(17-11)18-9-5-7(14)3-4-8(9)15/h3-6H,2H2,1H3. The van der Waals surface area contributed by atoms with Crippen molar-refractivity contribution in [3.63, 3.8) is 0 Å². The number of halogens is 3. The third-order valence-corrected chi connectivity index (χ3v) is 4.20. The smallest absolute Gasteiger partial charge is 0.130 e. The molecule has 2 rings (SSSR count). The summed E-state index contributed by atoms with van der Waals surface area (Å²) in [5, 5.41) is 2.17. The Morgan fingerprint density at radius 1 is 1.22 bits per heavy atom. The highest BCUT2D eigenvalue weighted by atomic mass is 79.9. The summed E-state index contributed by atoms with van der Waals surface area (Å²) in [6.45, 7) is 2.02. The largest absolute Gasteiger partial charge is 0.226 e. The van der Waals surface area contributed by atoms with Crippen LogP contribution in [0, 0.1) is 0 Å². The minimum atomic E-state index is 0.658. The monoisotopic (exact) mass is 362 g/mol. The van der Waals surface area contributed by atoms with E-state index in [1.165, 1.54) is 11.8 Å². The average Bonchev–Trinajstić information content (AvgIpc) is 2.33. The Kier molecular flexibility index (Phi) is 4.90. The molecule has 0 spiro atoms. The van der Waals surface area contributed by atoms with Gasteiger partial charge in [0.1, 0.15) is 15.5 Å². The van der Waals surface area contributed by atoms with Crippen LogP contribution in [-0.2, 0) is 6.42 Å². The van der Waals surface area contributed by atoms with Gasteiger partial charge in [-0.15, -0.1) is 0 Å². The zero-order chi connectivity index (χ0) is 13.1. The number of aromatic nitrogens is 2. The van der Waals surface area contributed by atoms with Crippen molar-refractivity contribution < 1.29 is 0 Å². The molecule has 2 aromatic rings. The van der Waals surface area contributed by atoms with Gasteiger partial charge in [0, 0.05) is 22.4 Å². The van der Waals surface area contributed by atoms with Gasteiger partial charge in [-0.2, -0.15) is 0 Å². The maximum Gasteiger partial charge on any atom is 0.130 e. The minimum Gasteiger partial charge on any atom is -0.226 e. The second kappa shape index (κ2) is 6.24. The highest BCUT2D eigenvalue weighted by Crippen LogP contribution is 2.34. The normalized spacial score (nSPS) is 10.7. The number of hydrogen-bond acceptors (Lipinski definition) is 3. The lowest BCUT2D eigenvalue weighted by Gasteiger charge is -2.06. The van der Waals surface area contributed by atoms with Crippen molar-refractivity contribution in [3.05, 3.63) is 44.7 Å². The summed E-state index contributed by atoms with van der Waals surface area (Å²) in [6, 6.07) is 7.24. The molecule has 94 valence electrons. The van der Waals surface area contributed by atoms with Crippen LogP contribution in [0.4, 0.5) is 0 Å². The van der Waals surface area contributed by atoms with Gasteiger partial charge < -0.3 is 0 Å². The first-order chi connectivity index (χ1) is 8.58. The van der Waals surface area contributed by atoms with Gasteiger partial charge in [-0.3, -0.25) is 0 Å². The molecule has 0 atom stereocenters. The van der Waals surface area contributed by atoms with Gasteiger partial charge in [0.05, 0.1) is 5.02 Å². The van der Waals surface area contributed by atoms with Crippen molar-refractivity contribution in [1.82, 2.24) is 9.97 Å². The Balaban J connectivity index is 2.33. The van der Waals surface area contributed by atoms with Gasteiger partial charge in [0.25, 0.3) is 0 Å². The molecule has 0 amide bonds. The van der Waals surface area contributed by atoms with E-state index in [1.54, 1.807) is 12.1 Å². The molecule has 0 aliphatic heterocycles. The SMILES string of the molecule is CCc1nc(Br)cc(Sc2cc(Cl)ccc2Cl)n1. The molecule has 0 N–H and O–H groups in total. The molecule has 1 aromatic carbocycles. The molecule has 0 bridgehead atoms. The molecule has 0 saturated heterocycles. The van der Waals surface area contributed by atoms with Crippen molar-refractivity contribution in [2.75, 3.05) is 0 Å². The topological polar surface area (TPSA) is 25.8 Å². The van der Waals surface area contributed by atoms with Gasteiger partial charge in [0.15, 0.2) is 0 Å². The van der Waals surface area contributed by atoms with Crippen molar-refractivity contribution >= 4 is 50.9 Å². The minimum absolute atomic E-state index is 0.658. The first kappa shape index (κ1) is 14.1. The number of hydrogen-bond donors (Lipinski definition) is 0. The summed E-state index contributed by atoms with van der Waals surface area (Å²) < 4.78 is 0.773. The Morgan fingerprint density at radius 2 is 2.00 bits per heavy atom. The predicted octanol–water partition coefficient (Wildman–Crippen LogP) is 5.26. The van der Waals surface area contributed by atoms with Gasteiger partial charge in [-0.25, -0.2) is 9.97 Å². The van der Waals surface area contributed by atoms with Crippen LogP contribution in [-0.4, -0.2) is 9.97 Å². The summed E-state index contributed by atoms with van der Waals surface area (Å²) in [7, 11) is 0. The summed E-state index contributed by atoms with van der Waals surface area (Å²) in [5.41, 5.74) is 0. The van der Waals surface area contributed by atoms with Crippen LogP contribution >= 0.6 is 50.9 Å². The molecule has 1 aromatic heterocycles. The van der Waals surface area contributed by atoms with E-state index < -0.39 is 0 Å². The maximum absolute atomic E-state index is 6.12. The molecule has 18 heavy (non-hydrogen) atoms. The Hall–Kier alpha value is -0.290. The molecule has 6 heteroatoms. The van der Waals surface area contributed by atoms with Gasteiger partial charge in [0.2, 0.25) is 0 Å². The number of benzene rings is 1. The third kappa shape index (κ3) is 3.60. The fourth-order valence-electron chi connectivity index (χ4n) is 1.32. The van der Waals surface area contributed by atoms with Crippen LogP contribution < -0.4 is 0 Å². The fourth-order valence-corrected chi connectivity index (χ4v) is 3.26. The van der Waals surface area contributed by atoms with Gasteiger partial charge >= 0.3 is 0 Å². The number of rotatable bonds is 3. The highest BCUT2D eigenvalue weighted by molar-refractivity contribution is 9.10. The maximum atomic E-state index is 6.12. The van der Waals surface area contributed by atoms with Crippen LogP contribution in [0.1, 0.15) is 12.7 Å². The van der Waals surface area contributed by atoms with Crippen LogP contribution in [0.25, 0.3) is 0 Å². The van der Waals surface area contributed by atoms with Crippen molar-refractivity contribution in [1.29, 1.82) is 0 Å². The average molecular weight is 364 g/mol. The molecular formula is C12H9BrCl2N2S. The van der Waals surface area contributed by atoms with Crippen LogP contribution in [0.2, 0.25) is 10.0 Å². The fraction of sp³-hybridized carbons (Fsp3) is 0.167. The predicted molar refractivity (Wildman–Crippen MR) is 79.7 cm³/mol. The van der Waals surface area contributed by atoms with E-state index >= 15 is 0 Å². The van der Waals surface area contributed by atoms with Gasteiger partial charge in [-0.05, 0) is 34.1 Å². The number of nitrogens with zero attached hydrogens (tertiary/aromatic N) is 2.